The molecule has 2 aliphatic heterocycles. The number of hydrogen-bond donors (Lipinski definition) is 0. The van der Waals surface area contributed by atoms with Crippen LogP contribution in [0.1, 0.15) is 30.9 Å². The van der Waals surface area contributed by atoms with Crippen molar-refractivity contribution in [1.29, 1.82) is 0 Å². The fourth-order valence-corrected chi connectivity index (χ4v) is 3.61. The minimum absolute atomic E-state index is 0.158. The molecule has 7 heteroatoms. The van der Waals surface area contributed by atoms with Gasteiger partial charge in [0.05, 0.1) is 5.56 Å². The van der Waals surface area contributed by atoms with Crippen LogP contribution in [0.25, 0.3) is 0 Å². The smallest absolute Gasteiger partial charge is 0.411 e. The first kappa shape index (κ1) is 14.7. The summed E-state index contributed by atoms with van der Waals surface area (Å²) in [5, 5.41) is 0. The molecule has 120 valence electrons. The monoisotopic (exact) mass is 336 g/mol. The Hall–Kier alpha value is -1.83. The summed E-state index contributed by atoms with van der Waals surface area (Å²) in [4.78, 5) is 23.0. The quantitative estimate of drug-likeness (QED) is 0.465. The number of benzene rings is 1. The van der Waals surface area contributed by atoms with Crippen LogP contribution >= 0.6 is 11.8 Å². The second-order valence-electron chi connectivity index (χ2n) is 5.42. The van der Waals surface area contributed by atoms with E-state index in [4.69, 9.17) is 19.2 Å². The van der Waals surface area contributed by atoms with E-state index < -0.39 is 5.97 Å². The Morgan fingerprint density at radius 1 is 1.39 bits per heavy atom. The number of allylic oxidation sites excluding steroid dienone is 3. The zero-order valence-corrected chi connectivity index (χ0v) is 13.1. The van der Waals surface area contributed by atoms with Crippen LogP contribution < -0.4 is 0 Å². The normalized spacial score (nSPS) is 20.9. The SMILES string of the molecule is CC(=O)OCc1ccc2c(c1)C1(OO1)OC1=C(CCC(F)=C1)S2. The lowest BCUT2D eigenvalue weighted by Gasteiger charge is -2.14. The van der Waals surface area contributed by atoms with Gasteiger partial charge in [-0.1, -0.05) is 17.8 Å². The molecule has 1 fully saturated rings. The van der Waals surface area contributed by atoms with E-state index in [0.717, 1.165) is 15.4 Å². The second kappa shape index (κ2) is 5.36. The van der Waals surface area contributed by atoms with Gasteiger partial charge < -0.3 is 9.47 Å². The molecule has 0 amide bonds. The first-order chi connectivity index (χ1) is 11.1. The van der Waals surface area contributed by atoms with Crippen LogP contribution in [-0.4, -0.2) is 5.97 Å². The molecule has 1 aromatic rings. The summed E-state index contributed by atoms with van der Waals surface area (Å²) in [7, 11) is 0. The van der Waals surface area contributed by atoms with Crippen molar-refractivity contribution in [1.82, 2.24) is 0 Å². The maximum atomic E-state index is 13.5. The third kappa shape index (κ3) is 2.75. The lowest BCUT2D eigenvalue weighted by Crippen LogP contribution is -2.14. The molecular formula is C16H13FO5S. The topological polar surface area (TPSA) is 60.6 Å². The van der Waals surface area contributed by atoms with Gasteiger partial charge >= 0.3 is 11.9 Å². The Kier molecular flexibility index (Phi) is 3.44. The van der Waals surface area contributed by atoms with Crippen molar-refractivity contribution in [2.75, 3.05) is 0 Å². The molecule has 0 radical (unpaired) electrons. The number of ether oxygens (including phenoxy) is 2. The van der Waals surface area contributed by atoms with Crippen LogP contribution in [0.3, 0.4) is 0 Å². The van der Waals surface area contributed by atoms with Gasteiger partial charge in [0, 0.05) is 29.2 Å². The van der Waals surface area contributed by atoms with Crippen molar-refractivity contribution >= 4 is 17.7 Å². The van der Waals surface area contributed by atoms with Gasteiger partial charge in [0.2, 0.25) is 0 Å². The van der Waals surface area contributed by atoms with Gasteiger partial charge in [-0.25, -0.2) is 4.39 Å². The number of thioether (sulfide) groups is 1. The average Bonchev–Trinajstić information content (AvgIpc) is 3.30. The van der Waals surface area contributed by atoms with Crippen molar-refractivity contribution in [3.8, 4) is 0 Å². The fraction of sp³-hybridized carbons (Fsp3) is 0.312. The second-order valence-corrected chi connectivity index (χ2v) is 6.55. The molecule has 23 heavy (non-hydrogen) atoms. The third-order valence-electron chi connectivity index (χ3n) is 3.68. The van der Waals surface area contributed by atoms with Gasteiger partial charge in [0.15, 0.2) is 0 Å². The maximum Gasteiger partial charge on any atom is 0.411 e. The molecular weight excluding hydrogens is 323 g/mol. The van der Waals surface area contributed by atoms with Crippen molar-refractivity contribution in [3.63, 3.8) is 0 Å². The Labute approximate surface area is 136 Å². The van der Waals surface area contributed by atoms with Gasteiger partial charge in [-0.05, 0) is 24.1 Å². The summed E-state index contributed by atoms with van der Waals surface area (Å²) in [6.45, 7) is 1.51. The van der Waals surface area contributed by atoms with E-state index in [1.165, 1.54) is 24.8 Å². The summed E-state index contributed by atoms with van der Waals surface area (Å²) < 4.78 is 24.3. The third-order valence-corrected chi connectivity index (χ3v) is 4.91. The number of hydrogen-bond acceptors (Lipinski definition) is 6. The number of halogens is 1. The van der Waals surface area contributed by atoms with E-state index in [0.29, 0.717) is 24.2 Å². The Bertz CT molecular complexity index is 751. The highest BCUT2D eigenvalue weighted by atomic mass is 32.2. The molecule has 0 N–H and O–H groups in total. The molecule has 1 aromatic carbocycles. The summed E-state index contributed by atoms with van der Waals surface area (Å²) in [6, 6.07) is 5.59. The van der Waals surface area contributed by atoms with E-state index in [2.05, 4.69) is 0 Å². The average molecular weight is 336 g/mol. The van der Waals surface area contributed by atoms with Crippen LogP contribution in [0.2, 0.25) is 0 Å². The first-order valence-corrected chi connectivity index (χ1v) is 7.97. The minimum Gasteiger partial charge on any atom is -0.461 e. The number of fused-ring (bicyclic) bond motifs is 2. The molecule has 2 heterocycles. The summed E-state index contributed by atoms with van der Waals surface area (Å²) >= 11 is 1.51. The van der Waals surface area contributed by atoms with E-state index in [1.54, 1.807) is 0 Å². The zero-order chi connectivity index (χ0) is 16.0. The Morgan fingerprint density at radius 3 is 2.96 bits per heavy atom. The van der Waals surface area contributed by atoms with Gasteiger partial charge in [-0.3, -0.25) is 4.79 Å². The van der Waals surface area contributed by atoms with Crippen LogP contribution in [0, 0.1) is 0 Å². The van der Waals surface area contributed by atoms with Crippen LogP contribution in [-0.2, 0) is 36.6 Å². The van der Waals surface area contributed by atoms with E-state index >= 15 is 0 Å². The number of carbonyl (C=O) groups excluding carboxylic acids is 1. The molecule has 0 bridgehead atoms. The van der Waals surface area contributed by atoms with Crippen LogP contribution in [0.4, 0.5) is 4.39 Å². The molecule has 0 saturated carbocycles. The van der Waals surface area contributed by atoms with Gasteiger partial charge in [0.25, 0.3) is 0 Å². The summed E-state index contributed by atoms with van der Waals surface area (Å²) in [5.74, 6) is -1.47. The Balaban J connectivity index is 1.69. The van der Waals surface area contributed by atoms with Gasteiger partial charge in [-0.2, -0.15) is 0 Å². The highest BCUT2D eigenvalue weighted by Crippen LogP contribution is 2.54. The molecule has 3 aliphatic rings. The molecule has 1 aliphatic carbocycles. The van der Waals surface area contributed by atoms with Crippen LogP contribution in [0.5, 0.6) is 0 Å². The number of rotatable bonds is 2. The largest absolute Gasteiger partial charge is 0.461 e. The molecule has 4 rings (SSSR count). The number of carbonyl (C=O) groups is 1. The standard InChI is InChI=1S/C16H13FO5S/c1-9(18)19-8-10-2-4-14-12(6-10)16(21-22-16)20-13-7-11(17)3-5-15(13)23-14/h2,4,6-7H,3,5,8H2,1H3. The molecule has 1 saturated heterocycles. The highest BCUT2D eigenvalue weighted by Gasteiger charge is 2.58. The van der Waals surface area contributed by atoms with Crippen molar-refractivity contribution in [3.05, 3.63) is 51.9 Å². The molecule has 0 aromatic heterocycles. The highest BCUT2D eigenvalue weighted by molar-refractivity contribution is 8.03. The lowest BCUT2D eigenvalue weighted by molar-refractivity contribution is -0.142. The van der Waals surface area contributed by atoms with Gasteiger partial charge in [-0.15, -0.1) is 9.78 Å². The van der Waals surface area contributed by atoms with Crippen molar-refractivity contribution < 1.29 is 28.4 Å². The number of esters is 1. The van der Waals surface area contributed by atoms with E-state index in [-0.39, 0.29) is 18.4 Å². The zero-order valence-electron chi connectivity index (χ0n) is 12.3. The van der Waals surface area contributed by atoms with Crippen LogP contribution in [0.15, 0.2) is 45.7 Å². The molecule has 0 atom stereocenters. The van der Waals surface area contributed by atoms with E-state index in [1.807, 2.05) is 18.2 Å². The Morgan fingerprint density at radius 2 is 2.22 bits per heavy atom. The lowest BCUT2D eigenvalue weighted by atomic mass is 10.1. The molecule has 0 unspecified atom stereocenters. The maximum absolute atomic E-state index is 13.5. The van der Waals surface area contributed by atoms with E-state index in [9.17, 15) is 9.18 Å². The minimum atomic E-state index is -1.33. The van der Waals surface area contributed by atoms with Gasteiger partial charge in [0.1, 0.15) is 18.2 Å². The van der Waals surface area contributed by atoms with Crippen molar-refractivity contribution in [2.45, 2.75) is 37.2 Å². The fourth-order valence-electron chi connectivity index (χ4n) is 2.51. The summed E-state index contributed by atoms with van der Waals surface area (Å²) in [5.41, 5.74) is 1.48. The predicted octanol–water partition coefficient (Wildman–Crippen LogP) is 3.80. The van der Waals surface area contributed by atoms with Crippen molar-refractivity contribution in [2.24, 2.45) is 0 Å². The molecule has 5 nitrogen and oxygen atoms in total. The summed E-state index contributed by atoms with van der Waals surface area (Å²) in [6.07, 6.45) is 2.32. The predicted molar refractivity (Wildman–Crippen MR) is 78.2 cm³/mol. The molecule has 1 spiro atoms. The first-order valence-electron chi connectivity index (χ1n) is 7.15.